The van der Waals surface area contributed by atoms with Crippen molar-refractivity contribution < 1.29 is 14.5 Å². The maximum Gasteiger partial charge on any atom is 0.270 e. The number of aromatic nitrogens is 1. The summed E-state index contributed by atoms with van der Waals surface area (Å²) in [6.07, 6.45) is 1.47. The summed E-state index contributed by atoms with van der Waals surface area (Å²) < 4.78 is 0. The van der Waals surface area contributed by atoms with Crippen LogP contribution >= 0.6 is 11.6 Å². The van der Waals surface area contributed by atoms with Gasteiger partial charge < -0.3 is 15.1 Å². The molecule has 0 atom stereocenters. The molecule has 1 fully saturated rings. The van der Waals surface area contributed by atoms with Crippen LogP contribution in [0.25, 0.3) is 0 Å². The first kappa shape index (κ1) is 18.4. The van der Waals surface area contributed by atoms with Crippen molar-refractivity contribution in [2.45, 2.75) is 6.54 Å². The molecule has 0 radical (unpaired) electrons. The van der Waals surface area contributed by atoms with Crippen molar-refractivity contribution in [1.82, 2.24) is 15.2 Å². The highest BCUT2D eigenvalue weighted by Gasteiger charge is 2.24. The van der Waals surface area contributed by atoms with Gasteiger partial charge in [0.15, 0.2) is 0 Å². The fraction of sp³-hybridized carbons (Fsp3) is 0.316. The normalized spacial score (nSPS) is 14.9. The van der Waals surface area contributed by atoms with Gasteiger partial charge in [0, 0.05) is 16.8 Å². The zero-order chi connectivity index (χ0) is 18.4. The SMILES string of the molecule is O=C(NCC(=O)N1CC[NH+](Cc2ccccc2)CC1)c1cc(Cl)ccn1. The molecule has 1 saturated heterocycles. The number of nitrogens with one attached hydrogen (secondary N) is 2. The van der Waals surface area contributed by atoms with Gasteiger partial charge in [0.05, 0.1) is 32.7 Å². The number of hydrogen-bond acceptors (Lipinski definition) is 3. The van der Waals surface area contributed by atoms with Crippen molar-refractivity contribution in [1.29, 1.82) is 0 Å². The molecule has 0 saturated carbocycles. The molecule has 1 aromatic heterocycles. The lowest BCUT2D eigenvalue weighted by atomic mass is 10.2. The van der Waals surface area contributed by atoms with E-state index in [1.54, 1.807) is 11.0 Å². The molecule has 1 aliphatic rings. The molecular weight excluding hydrogens is 352 g/mol. The van der Waals surface area contributed by atoms with Crippen molar-refractivity contribution in [3.63, 3.8) is 0 Å². The lowest BCUT2D eigenvalue weighted by molar-refractivity contribution is -0.917. The molecular formula is C19H22ClN4O2+. The van der Waals surface area contributed by atoms with Gasteiger partial charge in [-0.15, -0.1) is 0 Å². The summed E-state index contributed by atoms with van der Waals surface area (Å²) in [6.45, 7) is 4.16. The zero-order valence-electron chi connectivity index (χ0n) is 14.5. The van der Waals surface area contributed by atoms with Gasteiger partial charge in [-0.3, -0.25) is 14.6 Å². The van der Waals surface area contributed by atoms with E-state index >= 15 is 0 Å². The third kappa shape index (κ3) is 5.03. The zero-order valence-corrected chi connectivity index (χ0v) is 15.2. The van der Waals surface area contributed by atoms with Crippen LogP contribution in [0.4, 0.5) is 0 Å². The average molecular weight is 374 g/mol. The second kappa shape index (κ2) is 8.78. The van der Waals surface area contributed by atoms with E-state index in [1.807, 2.05) is 18.2 Å². The van der Waals surface area contributed by atoms with Gasteiger partial charge in [0.1, 0.15) is 12.2 Å². The Kier molecular flexibility index (Phi) is 6.20. The number of carbonyl (C=O) groups is 2. The molecule has 2 N–H and O–H groups in total. The molecule has 2 amide bonds. The number of pyridine rings is 1. The molecule has 0 unspecified atom stereocenters. The Morgan fingerprint density at radius 1 is 1.15 bits per heavy atom. The highest BCUT2D eigenvalue weighted by atomic mass is 35.5. The van der Waals surface area contributed by atoms with Crippen molar-refractivity contribution in [3.8, 4) is 0 Å². The first-order valence-electron chi connectivity index (χ1n) is 8.67. The number of amides is 2. The first-order chi connectivity index (χ1) is 12.6. The van der Waals surface area contributed by atoms with Crippen LogP contribution in [0.1, 0.15) is 16.1 Å². The summed E-state index contributed by atoms with van der Waals surface area (Å²) in [7, 11) is 0. The molecule has 3 rings (SSSR count). The number of nitrogens with zero attached hydrogens (tertiary/aromatic N) is 2. The van der Waals surface area contributed by atoms with E-state index in [2.05, 4.69) is 22.4 Å². The van der Waals surface area contributed by atoms with Gasteiger partial charge in [-0.05, 0) is 12.1 Å². The van der Waals surface area contributed by atoms with Crippen molar-refractivity contribution in [2.24, 2.45) is 0 Å². The number of quaternary nitrogens is 1. The van der Waals surface area contributed by atoms with Crippen LogP contribution in [0.2, 0.25) is 5.02 Å². The monoisotopic (exact) mass is 373 g/mol. The maximum absolute atomic E-state index is 12.3. The first-order valence-corrected chi connectivity index (χ1v) is 9.04. The van der Waals surface area contributed by atoms with E-state index in [9.17, 15) is 9.59 Å². The largest absolute Gasteiger partial charge is 0.342 e. The maximum atomic E-state index is 12.3. The summed E-state index contributed by atoms with van der Waals surface area (Å²) in [5.74, 6) is -0.465. The van der Waals surface area contributed by atoms with E-state index < -0.39 is 5.91 Å². The summed E-state index contributed by atoms with van der Waals surface area (Å²) in [4.78, 5) is 31.6. The molecule has 7 heteroatoms. The smallest absolute Gasteiger partial charge is 0.270 e. The number of rotatable bonds is 5. The van der Waals surface area contributed by atoms with Gasteiger partial charge >= 0.3 is 0 Å². The molecule has 2 heterocycles. The van der Waals surface area contributed by atoms with Gasteiger partial charge in [-0.25, -0.2) is 0 Å². The summed E-state index contributed by atoms with van der Waals surface area (Å²) in [5.41, 5.74) is 1.52. The van der Waals surface area contributed by atoms with Gasteiger partial charge in [-0.1, -0.05) is 41.9 Å². The molecule has 1 aliphatic heterocycles. The van der Waals surface area contributed by atoms with Crippen LogP contribution in [0.3, 0.4) is 0 Å². The highest BCUT2D eigenvalue weighted by Crippen LogP contribution is 2.07. The Balaban J connectivity index is 1.43. The molecule has 6 nitrogen and oxygen atoms in total. The van der Waals surface area contributed by atoms with Crippen LogP contribution in [0, 0.1) is 0 Å². The van der Waals surface area contributed by atoms with Crippen molar-refractivity contribution in [2.75, 3.05) is 32.7 Å². The van der Waals surface area contributed by atoms with Gasteiger partial charge in [0.25, 0.3) is 5.91 Å². The molecule has 0 spiro atoms. The predicted octanol–water partition coefficient (Wildman–Crippen LogP) is 0.392. The molecule has 0 aliphatic carbocycles. The van der Waals surface area contributed by atoms with Crippen molar-refractivity contribution >= 4 is 23.4 Å². The second-order valence-corrected chi connectivity index (χ2v) is 6.77. The minimum Gasteiger partial charge on any atom is -0.342 e. The van der Waals surface area contributed by atoms with E-state index in [1.165, 1.54) is 22.7 Å². The molecule has 1 aromatic carbocycles. The number of hydrogen-bond donors (Lipinski definition) is 2. The Bertz CT molecular complexity index is 761. The quantitative estimate of drug-likeness (QED) is 0.797. The minimum atomic E-state index is -0.394. The fourth-order valence-electron chi connectivity index (χ4n) is 3.02. The number of piperazine rings is 1. The highest BCUT2D eigenvalue weighted by molar-refractivity contribution is 6.30. The standard InChI is InChI=1S/C19H21ClN4O2/c20-16-6-7-21-17(12-16)19(26)22-13-18(25)24-10-8-23(9-11-24)14-15-4-2-1-3-5-15/h1-7,12H,8-11,13-14H2,(H,22,26)/p+1. The van der Waals surface area contributed by atoms with Gasteiger partial charge in [-0.2, -0.15) is 0 Å². The van der Waals surface area contributed by atoms with Crippen molar-refractivity contribution in [3.05, 3.63) is 64.9 Å². The molecule has 0 bridgehead atoms. The third-order valence-corrected chi connectivity index (χ3v) is 4.71. The average Bonchev–Trinajstić information content (AvgIpc) is 2.67. The molecule has 26 heavy (non-hydrogen) atoms. The van der Waals surface area contributed by atoms with Crippen LogP contribution in [0.5, 0.6) is 0 Å². The fourth-order valence-corrected chi connectivity index (χ4v) is 3.18. The number of carbonyl (C=O) groups excluding carboxylic acids is 2. The lowest BCUT2D eigenvalue weighted by Crippen LogP contribution is -3.13. The van der Waals surface area contributed by atoms with Crippen LogP contribution < -0.4 is 10.2 Å². The van der Waals surface area contributed by atoms with E-state index in [-0.39, 0.29) is 18.1 Å². The van der Waals surface area contributed by atoms with E-state index in [0.717, 1.165) is 19.6 Å². The second-order valence-electron chi connectivity index (χ2n) is 6.34. The summed E-state index contributed by atoms with van der Waals surface area (Å²) >= 11 is 5.85. The molecule has 136 valence electrons. The Morgan fingerprint density at radius 3 is 2.58 bits per heavy atom. The summed E-state index contributed by atoms with van der Waals surface area (Å²) in [5, 5.41) is 3.06. The lowest BCUT2D eigenvalue weighted by Gasteiger charge is -2.32. The van der Waals surface area contributed by atoms with Crippen LogP contribution in [0.15, 0.2) is 48.7 Å². The predicted molar refractivity (Wildman–Crippen MR) is 99.0 cm³/mol. The Morgan fingerprint density at radius 2 is 1.88 bits per heavy atom. The third-order valence-electron chi connectivity index (χ3n) is 4.47. The van der Waals surface area contributed by atoms with Gasteiger partial charge in [0.2, 0.25) is 5.91 Å². The number of benzene rings is 1. The summed E-state index contributed by atoms with van der Waals surface area (Å²) in [6, 6.07) is 13.4. The Labute approximate surface area is 157 Å². The Hall–Kier alpha value is -2.44. The van der Waals surface area contributed by atoms with Crippen LogP contribution in [-0.2, 0) is 11.3 Å². The minimum absolute atomic E-state index is 0.0267. The van der Waals surface area contributed by atoms with Crippen LogP contribution in [-0.4, -0.2) is 54.4 Å². The van der Waals surface area contributed by atoms with E-state index in [4.69, 9.17) is 11.6 Å². The topological polar surface area (TPSA) is 66.7 Å². The molecule has 2 aromatic rings. The number of halogens is 1. The van der Waals surface area contributed by atoms with E-state index in [0.29, 0.717) is 18.1 Å².